The first-order valence-corrected chi connectivity index (χ1v) is 8.28. The van der Waals surface area contributed by atoms with Crippen LogP contribution in [0.1, 0.15) is 6.92 Å². The number of carbonyl (C=O) groups excluding carboxylic acids is 1. The van der Waals surface area contributed by atoms with Crippen molar-refractivity contribution in [2.75, 3.05) is 17.7 Å². The van der Waals surface area contributed by atoms with Gasteiger partial charge in [0.1, 0.15) is 5.69 Å². The third-order valence-corrected chi connectivity index (χ3v) is 4.34. The van der Waals surface area contributed by atoms with Crippen molar-refractivity contribution in [2.24, 2.45) is 0 Å². The van der Waals surface area contributed by atoms with Crippen molar-refractivity contribution >= 4 is 51.4 Å². The third-order valence-electron chi connectivity index (χ3n) is 3.78. The molecule has 1 aromatic heterocycles. The zero-order chi connectivity index (χ0) is 18.1. The Hall–Kier alpha value is -2.50. The molecule has 2 N–H and O–H groups in total. The van der Waals surface area contributed by atoms with Gasteiger partial charge in [0.25, 0.3) is 5.56 Å². The number of carbonyl (C=O) groups is 1. The highest BCUT2D eigenvalue weighted by atomic mass is 35.5. The lowest BCUT2D eigenvalue weighted by Crippen LogP contribution is -2.26. The summed E-state index contributed by atoms with van der Waals surface area (Å²) in [5, 5.41) is 7.24. The van der Waals surface area contributed by atoms with E-state index >= 15 is 0 Å². The van der Waals surface area contributed by atoms with Gasteiger partial charge in [0.15, 0.2) is 0 Å². The van der Waals surface area contributed by atoms with E-state index in [9.17, 15) is 9.59 Å². The molecular formula is C18H15Cl2N3O2. The van der Waals surface area contributed by atoms with E-state index in [4.69, 9.17) is 23.2 Å². The first-order chi connectivity index (χ1) is 11.9. The number of hydrogen-bond donors (Lipinski definition) is 2. The summed E-state index contributed by atoms with van der Waals surface area (Å²) >= 11 is 12.5. The summed E-state index contributed by atoms with van der Waals surface area (Å²) in [6.07, 6.45) is 0. The molecule has 0 bridgehead atoms. The number of anilines is 2. The number of nitrogens with zero attached hydrogens (tertiary/aromatic N) is 1. The quantitative estimate of drug-likeness (QED) is 0.717. The Morgan fingerprint density at radius 3 is 2.44 bits per heavy atom. The fourth-order valence-corrected chi connectivity index (χ4v) is 3.17. The second-order valence-corrected chi connectivity index (χ2v) is 6.28. The lowest BCUT2D eigenvalue weighted by atomic mass is 10.1. The van der Waals surface area contributed by atoms with Crippen LogP contribution in [-0.4, -0.2) is 17.5 Å². The Labute approximate surface area is 154 Å². The smallest absolute Gasteiger partial charge is 0.281 e. The average Bonchev–Trinajstić information content (AvgIpc) is 2.57. The Balaban J connectivity index is 2.52. The van der Waals surface area contributed by atoms with E-state index in [2.05, 4.69) is 10.6 Å². The van der Waals surface area contributed by atoms with E-state index in [1.54, 1.807) is 49.5 Å². The van der Waals surface area contributed by atoms with Crippen LogP contribution >= 0.6 is 23.2 Å². The highest BCUT2D eigenvalue weighted by molar-refractivity contribution is 6.33. The van der Waals surface area contributed by atoms with Crippen LogP contribution in [0.5, 0.6) is 0 Å². The van der Waals surface area contributed by atoms with Gasteiger partial charge in [-0.15, -0.1) is 0 Å². The zero-order valence-corrected chi connectivity index (χ0v) is 15.1. The van der Waals surface area contributed by atoms with E-state index in [0.29, 0.717) is 26.9 Å². The van der Waals surface area contributed by atoms with Crippen LogP contribution in [0.2, 0.25) is 10.0 Å². The topological polar surface area (TPSA) is 63.1 Å². The third kappa shape index (κ3) is 3.08. The lowest BCUT2D eigenvalue weighted by Gasteiger charge is -2.18. The SMILES string of the molecule is CNc1c(NC(C)=O)c(=O)n(-c2ccccc2Cl)c2cc(Cl)ccc12. The highest BCUT2D eigenvalue weighted by Crippen LogP contribution is 2.33. The van der Waals surface area contributed by atoms with Gasteiger partial charge in [-0.25, -0.2) is 0 Å². The summed E-state index contributed by atoms with van der Waals surface area (Å²) in [7, 11) is 1.69. The normalized spacial score (nSPS) is 10.7. The molecule has 0 saturated carbocycles. The van der Waals surface area contributed by atoms with Gasteiger partial charge >= 0.3 is 0 Å². The van der Waals surface area contributed by atoms with Crippen molar-refractivity contribution in [3.63, 3.8) is 0 Å². The highest BCUT2D eigenvalue weighted by Gasteiger charge is 2.19. The molecule has 3 rings (SSSR count). The van der Waals surface area contributed by atoms with Crippen molar-refractivity contribution in [2.45, 2.75) is 6.92 Å². The molecule has 7 heteroatoms. The Morgan fingerprint density at radius 1 is 1.08 bits per heavy atom. The van der Waals surface area contributed by atoms with Crippen molar-refractivity contribution < 1.29 is 4.79 Å². The Kier molecular flexibility index (Phi) is 4.70. The van der Waals surface area contributed by atoms with Gasteiger partial charge in [-0.1, -0.05) is 35.3 Å². The molecule has 5 nitrogen and oxygen atoms in total. The van der Waals surface area contributed by atoms with Gasteiger partial charge in [0.2, 0.25) is 5.91 Å². The number of pyridine rings is 1. The minimum absolute atomic E-state index is 0.157. The summed E-state index contributed by atoms with van der Waals surface area (Å²) in [6, 6.07) is 12.2. The second kappa shape index (κ2) is 6.78. The summed E-state index contributed by atoms with van der Waals surface area (Å²) in [4.78, 5) is 24.8. The second-order valence-electron chi connectivity index (χ2n) is 5.43. The zero-order valence-electron chi connectivity index (χ0n) is 13.6. The molecule has 0 saturated heterocycles. The molecular weight excluding hydrogens is 361 g/mol. The predicted molar refractivity (Wildman–Crippen MR) is 103 cm³/mol. The van der Waals surface area contributed by atoms with Gasteiger partial charge < -0.3 is 10.6 Å². The number of amides is 1. The van der Waals surface area contributed by atoms with Crippen molar-refractivity contribution in [3.8, 4) is 5.69 Å². The molecule has 0 aliphatic rings. The average molecular weight is 376 g/mol. The van der Waals surface area contributed by atoms with Crippen LogP contribution in [0.15, 0.2) is 47.3 Å². The van der Waals surface area contributed by atoms with Crippen molar-refractivity contribution in [3.05, 3.63) is 62.9 Å². The molecule has 2 aromatic carbocycles. The molecule has 0 atom stereocenters. The van der Waals surface area contributed by atoms with Crippen LogP contribution in [0.25, 0.3) is 16.6 Å². The molecule has 128 valence electrons. The molecule has 1 amide bonds. The maximum absolute atomic E-state index is 13.2. The molecule has 0 spiro atoms. The Morgan fingerprint density at radius 2 is 1.80 bits per heavy atom. The van der Waals surface area contributed by atoms with E-state index in [1.807, 2.05) is 0 Å². The van der Waals surface area contributed by atoms with E-state index in [0.717, 1.165) is 5.39 Å². The monoisotopic (exact) mass is 375 g/mol. The van der Waals surface area contributed by atoms with Gasteiger partial charge in [0, 0.05) is 24.4 Å². The standard InChI is InChI=1S/C18H15Cl2N3O2/c1-10(24)22-17-16(21-2)12-8-7-11(19)9-15(12)23(18(17)25)14-6-4-3-5-13(14)20/h3-9,21H,1-2H3,(H,22,24). The van der Waals surface area contributed by atoms with E-state index in [1.165, 1.54) is 11.5 Å². The number of halogens is 2. The summed E-state index contributed by atoms with van der Waals surface area (Å²) in [5.74, 6) is -0.340. The molecule has 0 unspecified atom stereocenters. The van der Waals surface area contributed by atoms with Crippen LogP contribution < -0.4 is 16.2 Å². The number of nitrogens with one attached hydrogen (secondary N) is 2. The molecule has 0 aliphatic carbocycles. The predicted octanol–water partition coefficient (Wildman–Crippen LogP) is 4.30. The van der Waals surface area contributed by atoms with Gasteiger partial charge in [-0.2, -0.15) is 0 Å². The minimum atomic E-state index is -0.401. The molecule has 1 heterocycles. The van der Waals surface area contributed by atoms with Gasteiger partial charge in [-0.3, -0.25) is 14.2 Å². The number of benzene rings is 2. The minimum Gasteiger partial charge on any atom is -0.386 e. The maximum Gasteiger partial charge on any atom is 0.281 e. The van der Waals surface area contributed by atoms with Crippen molar-refractivity contribution in [1.29, 1.82) is 0 Å². The van der Waals surface area contributed by atoms with E-state index in [-0.39, 0.29) is 11.6 Å². The number of para-hydroxylation sites is 1. The van der Waals surface area contributed by atoms with Crippen LogP contribution in [0.3, 0.4) is 0 Å². The van der Waals surface area contributed by atoms with Gasteiger partial charge in [-0.05, 0) is 30.3 Å². The number of hydrogen-bond acceptors (Lipinski definition) is 3. The fourth-order valence-electron chi connectivity index (χ4n) is 2.79. The number of aromatic nitrogens is 1. The first kappa shape index (κ1) is 17.3. The maximum atomic E-state index is 13.2. The largest absolute Gasteiger partial charge is 0.386 e. The molecule has 3 aromatic rings. The lowest BCUT2D eigenvalue weighted by molar-refractivity contribution is -0.114. The van der Waals surface area contributed by atoms with E-state index < -0.39 is 5.56 Å². The molecule has 0 aliphatic heterocycles. The number of rotatable bonds is 3. The van der Waals surface area contributed by atoms with Crippen molar-refractivity contribution in [1.82, 2.24) is 4.57 Å². The van der Waals surface area contributed by atoms with Gasteiger partial charge in [0.05, 0.1) is 21.9 Å². The summed E-state index contributed by atoms with van der Waals surface area (Å²) < 4.78 is 1.45. The summed E-state index contributed by atoms with van der Waals surface area (Å²) in [6.45, 7) is 1.35. The molecule has 0 fully saturated rings. The molecule has 0 radical (unpaired) electrons. The Bertz CT molecular complexity index is 1040. The van der Waals surface area contributed by atoms with Crippen LogP contribution in [0.4, 0.5) is 11.4 Å². The first-order valence-electron chi connectivity index (χ1n) is 7.52. The fraction of sp³-hybridized carbons (Fsp3) is 0.111. The van der Waals surface area contributed by atoms with Crippen LogP contribution in [0, 0.1) is 0 Å². The van der Waals surface area contributed by atoms with Crippen LogP contribution in [-0.2, 0) is 4.79 Å². The number of fused-ring (bicyclic) bond motifs is 1. The summed E-state index contributed by atoms with van der Waals surface area (Å²) in [5.41, 5.74) is 1.38. The molecule has 25 heavy (non-hydrogen) atoms.